The van der Waals surface area contributed by atoms with Gasteiger partial charge in [-0.05, 0) is 56.9 Å². The number of benzene rings is 1. The molecule has 0 aliphatic carbocycles. The van der Waals surface area contributed by atoms with Crippen LogP contribution in [0.4, 0.5) is 5.69 Å². The largest absolute Gasteiger partial charge is 0.371 e. The Labute approximate surface area is 172 Å². The Kier molecular flexibility index (Phi) is 7.80. The van der Waals surface area contributed by atoms with E-state index in [2.05, 4.69) is 28.1 Å². The fraction of sp³-hybridized carbons (Fsp3) is 0.545. The van der Waals surface area contributed by atoms with Crippen molar-refractivity contribution in [3.05, 3.63) is 35.9 Å². The van der Waals surface area contributed by atoms with Gasteiger partial charge in [-0.1, -0.05) is 18.2 Å². The molecule has 1 unspecified atom stereocenters. The van der Waals surface area contributed by atoms with Gasteiger partial charge in [-0.15, -0.1) is 0 Å². The molecule has 2 fully saturated rings. The summed E-state index contributed by atoms with van der Waals surface area (Å²) in [7, 11) is 0. The van der Waals surface area contributed by atoms with Crippen molar-refractivity contribution in [3.63, 3.8) is 0 Å². The summed E-state index contributed by atoms with van der Waals surface area (Å²) in [6.07, 6.45) is 8.64. The van der Waals surface area contributed by atoms with E-state index in [1.54, 1.807) is 11.6 Å². The molecule has 0 aromatic heterocycles. The van der Waals surface area contributed by atoms with Crippen molar-refractivity contribution in [1.82, 2.24) is 15.7 Å². The van der Waals surface area contributed by atoms with E-state index < -0.39 is 5.91 Å². The number of nitrogens with one attached hydrogen (secondary N) is 2. The minimum absolute atomic E-state index is 0.173. The Hall–Kier alpha value is -2.22. The zero-order valence-electron chi connectivity index (χ0n) is 17.1. The van der Waals surface area contributed by atoms with Gasteiger partial charge in [0.25, 0.3) is 5.91 Å². The maximum Gasteiger partial charge on any atom is 0.267 e. The summed E-state index contributed by atoms with van der Waals surface area (Å²) < 4.78 is 0. The van der Waals surface area contributed by atoms with Crippen molar-refractivity contribution in [2.75, 3.05) is 31.1 Å². The predicted octanol–water partition coefficient (Wildman–Crippen LogP) is 2.02. The molecule has 3 N–H and O–H groups in total. The van der Waals surface area contributed by atoms with Crippen LogP contribution in [-0.4, -0.2) is 60.7 Å². The van der Waals surface area contributed by atoms with Crippen LogP contribution in [0.1, 0.15) is 38.2 Å². The minimum atomic E-state index is -0.536. The molecule has 158 valence electrons. The van der Waals surface area contributed by atoms with E-state index in [1.165, 1.54) is 6.08 Å². The number of amides is 1. The van der Waals surface area contributed by atoms with Gasteiger partial charge in [-0.3, -0.25) is 20.2 Å². The lowest BCUT2D eigenvalue weighted by Crippen LogP contribution is -2.53. The average molecular weight is 401 g/mol. The van der Waals surface area contributed by atoms with E-state index in [9.17, 15) is 9.59 Å². The van der Waals surface area contributed by atoms with Crippen LogP contribution in [0.2, 0.25) is 0 Å². The van der Waals surface area contributed by atoms with Gasteiger partial charge in [0, 0.05) is 43.4 Å². The topological polar surface area (TPSA) is 84.9 Å². The average Bonchev–Trinajstić information content (AvgIpc) is 2.78. The van der Waals surface area contributed by atoms with Crippen molar-refractivity contribution in [3.8, 4) is 0 Å². The highest BCUT2D eigenvalue weighted by atomic mass is 16.5. The van der Waals surface area contributed by atoms with Gasteiger partial charge in [-0.25, -0.2) is 5.48 Å². The van der Waals surface area contributed by atoms with Crippen LogP contribution in [0.3, 0.4) is 0 Å². The first-order valence-corrected chi connectivity index (χ1v) is 10.5. The molecule has 0 spiro atoms. The van der Waals surface area contributed by atoms with Crippen LogP contribution in [-0.2, 0) is 9.59 Å². The molecule has 1 aromatic rings. The summed E-state index contributed by atoms with van der Waals surface area (Å²) in [5, 5.41) is 12.4. The number of rotatable bonds is 7. The molecule has 7 nitrogen and oxygen atoms in total. The first-order chi connectivity index (χ1) is 14.1. The summed E-state index contributed by atoms with van der Waals surface area (Å²) in [4.78, 5) is 27.2. The molecule has 2 atom stereocenters. The minimum Gasteiger partial charge on any atom is -0.371 e. The van der Waals surface area contributed by atoms with Crippen molar-refractivity contribution in [1.29, 1.82) is 0 Å². The normalized spacial score (nSPS) is 22.6. The lowest BCUT2D eigenvalue weighted by Gasteiger charge is -2.40. The lowest BCUT2D eigenvalue weighted by atomic mass is 9.98. The highest BCUT2D eigenvalue weighted by molar-refractivity contribution is 5.91. The molecule has 2 heterocycles. The van der Waals surface area contributed by atoms with Gasteiger partial charge in [0.2, 0.25) is 0 Å². The molecule has 2 aliphatic rings. The molecule has 2 aliphatic heterocycles. The summed E-state index contributed by atoms with van der Waals surface area (Å²) >= 11 is 0. The fourth-order valence-corrected chi connectivity index (χ4v) is 4.36. The fourth-order valence-electron chi connectivity index (χ4n) is 4.36. The molecule has 29 heavy (non-hydrogen) atoms. The van der Waals surface area contributed by atoms with Crippen molar-refractivity contribution < 1.29 is 14.8 Å². The van der Waals surface area contributed by atoms with Gasteiger partial charge in [0.1, 0.15) is 6.29 Å². The number of anilines is 1. The number of aldehydes is 1. The first-order valence-electron chi connectivity index (χ1n) is 10.5. The summed E-state index contributed by atoms with van der Waals surface area (Å²) in [6, 6.07) is 8.45. The zero-order valence-corrected chi connectivity index (χ0v) is 17.1. The number of nitrogens with zero attached hydrogens (tertiary/aromatic N) is 2. The lowest BCUT2D eigenvalue weighted by molar-refractivity contribution is -0.124. The molecule has 3 rings (SSSR count). The molecule has 0 radical (unpaired) electrons. The Morgan fingerprint density at radius 3 is 2.69 bits per heavy atom. The van der Waals surface area contributed by atoms with Crippen molar-refractivity contribution in [2.45, 2.75) is 44.8 Å². The number of carbonyl (C=O) groups excluding carboxylic acids is 2. The van der Waals surface area contributed by atoms with E-state index in [0.717, 1.165) is 69.4 Å². The van der Waals surface area contributed by atoms with Crippen molar-refractivity contribution >= 4 is 24.0 Å². The smallest absolute Gasteiger partial charge is 0.267 e. The number of hydrogen-bond donors (Lipinski definition) is 3. The van der Waals surface area contributed by atoms with E-state index in [0.29, 0.717) is 6.04 Å². The monoisotopic (exact) mass is 400 g/mol. The van der Waals surface area contributed by atoms with E-state index >= 15 is 0 Å². The molecule has 1 aromatic carbocycles. The summed E-state index contributed by atoms with van der Waals surface area (Å²) in [6.45, 7) is 6.00. The van der Waals surface area contributed by atoms with Crippen LogP contribution in [0.5, 0.6) is 0 Å². The van der Waals surface area contributed by atoms with E-state index in [-0.39, 0.29) is 12.1 Å². The molecule has 7 heteroatoms. The third-order valence-corrected chi connectivity index (χ3v) is 6.00. The maximum absolute atomic E-state index is 11.3. The number of para-hydroxylation sites is 1. The van der Waals surface area contributed by atoms with Crippen molar-refractivity contribution in [2.24, 2.45) is 5.92 Å². The van der Waals surface area contributed by atoms with Crippen LogP contribution in [0, 0.1) is 5.92 Å². The SMILES string of the molecule is CC(NC1CCN(c2ccccc2C=CC(=O)NO)CC1)N1CCC[C@H](C=O)C1. The standard InChI is InChI=1S/C22H32N4O3/c1-17(26-12-4-5-18(15-26)16-27)23-20-10-13-25(14-11-20)21-7-3-2-6-19(21)8-9-22(28)24-29/h2-3,6-9,16-18,20,23,29H,4-5,10-15H2,1H3,(H,24,28)/t17?,18-/m0/s1. The van der Waals surface area contributed by atoms with Gasteiger partial charge in [0.05, 0.1) is 6.17 Å². The quantitative estimate of drug-likeness (QED) is 0.281. The van der Waals surface area contributed by atoms with E-state index in [4.69, 9.17) is 5.21 Å². The molecule has 0 bridgehead atoms. The Balaban J connectivity index is 1.54. The first kappa shape index (κ1) is 21.5. The van der Waals surface area contributed by atoms with Gasteiger partial charge >= 0.3 is 0 Å². The molecule has 1 amide bonds. The van der Waals surface area contributed by atoms with Gasteiger partial charge in [0.15, 0.2) is 0 Å². The highest BCUT2D eigenvalue weighted by Crippen LogP contribution is 2.26. The molecule has 2 saturated heterocycles. The summed E-state index contributed by atoms with van der Waals surface area (Å²) in [5.41, 5.74) is 3.69. The Morgan fingerprint density at radius 2 is 1.97 bits per heavy atom. The molecule has 0 saturated carbocycles. The second-order valence-electron chi connectivity index (χ2n) is 8.01. The third-order valence-electron chi connectivity index (χ3n) is 6.00. The highest BCUT2D eigenvalue weighted by Gasteiger charge is 2.26. The molecular weight excluding hydrogens is 368 g/mol. The van der Waals surface area contributed by atoms with Gasteiger partial charge < -0.3 is 9.69 Å². The number of hydroxylamine groups is 1. The van der Waals surface area contributed by atoms with Crippen LogP contribution in [0.25, 0.3) is 6.08 Å². The third kappa shape index (κ3) is 5.88. The Bertz CT molecular complexity index is 716. The van der Waals surface area contributed by atoms with Crippen LogP contribution >= 0.6 is 0 Å². The second kappa shape index (κ2) is 10.5. The number of likely N-dealkylation sites (tertiary alicyclic amines) is 1. The Morgan fingerprint density at radius 1 is 1.21 bits per heavy atom. The predicted molar refractivity (Wildman–Crippen MR) is 114 cm³/mol. The maximum atomic E-state index is 11.3. The zero-order chi connectivity index (χ0) is 20.6. The van der Waals surface area contributed by atoms with Crippen LogP contribution in [0.15, 0.2) is 30.3 Å². The van der Waals surface area contributed by atoms with Gasteiger partial charge in [-0.2, -0.15) is 0 Å². The number of piperidine rings is 2. The van der Waals surface area contributed by atoms with E-state index in [1.807, 2.05) is 18.2 Å². The number of hydrogen-bond acceptors (Lipinski definition) is 6. The second-order valence-corrected chi connectivity index (χ2v) is 8.01. The summed E-state index contributed by atoms with van der Waals surface area (Å²) in [5.74, 6) is -0.362. The van der Waals surface area contributed by atoms with Crippen LogP contribution < -0.4 is 15.7 Å². The number of carbonyl (C=O) groups is 2. The molecular formula is C22H32N4O3.